The largest absolute Gasteiger partial charge is 0.463 e. The van der Waals surface area contributed by atoms with Gasteiger partial charge in [-0.15, -0.1) is 6.58 Å². The predicted molar refractivity (Wildman–Crippen MR) is 88.4 cm³/mol. The van der Waals surface area contributed by atoms with E-state index < -0.39 is 11.6 Å². The number of hydrogen-bond acceptors (Lipinski definition) is 4. The summed E-state index contributed by atoms with van der Waals surface area (Å²) in [6.07, 6.45) is 2.64. The molecule has 3 rings (SSSR count). The summed E-state index contributed by atoms with van der Waals surface area (Å²) in [6, 6.07) is 6.86. The van der Waals surface area contributed by atoms with E-state index in [9.17, 15) is 14.4 Å². The molecule has 24 heavy (non-hydrogen) atoms. The fraction of sp³-hybridized carbons (Fsp3) is 0.389. The summed E-state index contributed by atoms with van der Waals surface area (Å²) in [7, 11) is 0. The molecule has 1 atom stereocenters. The molecule has 0 aromatic heterocycles. The Hall–Kier alpha value is -2.63. The average Bonchev–Trinajstić information content (AvgIpc) is 2.95. The Balaban J connectivity index is 2.18. The van der Waals surface area contributed by atoms with Crippen molar-refractivity contribution in [2.24, 2.45) is 0 Å². The van der Waals surface area contributed by atoms with Crippen LogP contribution in [0.5, 0.6) is 0 Å². The maximum absolute atomic E-state index is 13.0. The molecule has 6 heteroatoms. The van der Waals surface area contributed by atoms with Crippen LogP contribution in [-0.2, 0) is 14.3 Å². The summed E-state index contributed by atoms with van der Waals surface area (Å²) in [4.78, 5) is 41.3. The van der Waals surface area contributed by atoms with Crippen LogP contribution in [0.25, 0.3) is 0 Å². The number of hydrogen-bond donors (Lipinski definition) is 0. The second-order valence-corrected chi connectivity index (χ2v) is 5.90. The number of nitrogens with zero attached hydrogens (tertiary/aromatic N) is 2. The van der Waals surface area contributed by atoms with E-state index in [4.69, 9.17) is 4.74 Å². The van der Waals surface area contributed by atoms with Crippen molar-refractivity contribution in [1.82, 2.24) is 4.90 Å². The monoisotopic (exact) mass is 328 g/mol. The summed E-state index contributed by atoms with van der Waals surface area (Å²) in [5.41, 5.74) is -0.529. The maximum Gasteiger partial charge on any atom is 0.353 e. The van der Waals surface area contributed by atoms with Crippen LogP contribution in [0.1, 0.15) is 36.5 Å². The lowest BCUT2D eigenvalue weighted by Crippen LogP contribution is -2.68. The van der Waals surface area contributed by atoms with Crippen LogP contribution in [0.4, 0.5) is 5.69 Å². The number of para-hydroxylation sites is 1. The number of fused-ring (bicyclic) bond motifs is 3. The van der Waals surface area contributed by atoms with Crippen molar-refractivity contribution in [1.29, 1.82) is 0 Å². The number of amides is 2. The molecule has 1 unspecified atom stereocenters. The van der Waals surface area contributed by atoms with E-state index in [0.29, 0.717) is 17.7 Å². The quantitative estimate of drug-likeness (QED) is 0.613. The number of benzene rings is 1. The molecule has 2 aliphatic rings. The molecule has 1 aromatic carbocycles. The van der Waals surface area contributed by atoms with Crippen molar-refractivity contribution in [3.8, 4) is 0 Å². The highest BCUT2D eigenvalue weighted by Gasteiger charge is 2.61. The smallest absolute Gasteiger partial charge is 0.353 e. The van der Waals surface area contributed by atoms with E-state index in [2.05, 4.69) is 6.58 Å². The van der Waals surface area contributed by atoms with Crippen LogP contribution < -0.4 is 4.90 Å². The van der Waals surface area contributed by atoms with Crippen molar-refractivity contribution in [3.05, 3.63) is 42.5 Å². The molecule has 0 radical (unpaired) electrons. The van der Waals surface area contributed by atoms with E-state index in [1.807, 2.05) is 6.92 Å². The molecule has 2 heterocycles. The Morgan fingerprint density at radius 2 is 2.12 bits per heavy atom. The molecule has 0 spiro atoms. The van der Waals surface area contributed by atoms with Crippen LogP contribution in [0.2, 0.25) is 0 Å². The van der Waals surface area contributed by atoms with Gasteiger partial charge in [-0.2, -0.15) is 0 Å². The zero-order chi connectivity index (χ0) is 17.3. The number of carbonyl (C=O) groups excluding carboxylic acids is 3. The van der Waals surface area contributed by atoms with E-state index >= 15 is 0 Å². The highest BCUT2D eigenvalue weighted by molar-refractivity contribution is 6.15. The van der Waals surface area contributed by atoms with Crippen LogP contribution in [0.15, 0.2) is 36.9 Å². The number of esters is 1. The topological polar surface area (TPSA) is 66.9 Å². The molecule has 0 bridgehead atoms. The third-order valence-corrected chi connectivity index (χ3v) is 4.45. The molecular weight excluding hydrogens is 308 g/mol. The van der Waals surface area contributed by atoms with Gasteiger partial charge in [0.15, 0.2) is 0 Å². The Morgan fingerprint density at radius 3 is 2.83 bits per heavy atom. The Kier molecular flexibility index (Phi) is 4.13. The first-order valence-electron chi connectivity index (χ1n) is 8.10. The lowest BCUT2D eigenvalue weighted by molar-refractivity contribution is -0.157. The zero-order valence-corrected chi connectivity index (χ0v) is 13.7. The van der Waals surface area contributed by atoms with Crippen LogP contribution >= 0.6 is 0 Å². The fourth-order valence-corrected chi connectivity index (χ4v) is 3.44. The van der Waals surface area contributed by atoms with Crippen LogP contribution in [0, 0.1) is 0 Å². The summed E-state index contributed by atoms with van der Waals surface area (Å²) in [5.74, 6) is -1.03. The van der Waals surface area contributed by atoms with Crippen LogP contribution in [0.3, 0.4) is 0 Å². The minimum atomic E-state index is -1.41. The lowest BCUT2D eigenvalue weighted by Gasteiger charge is -2.48. The summed E-state index contributed by atoms with van der Waals surface area (Å²) >= 11 is 0. The predicted octanol–water partition coefficient (Wildman–Crippen LogP) is 2.10. The molecule has 0 aliphatic carbocycles. The van der Waals surface area contributed by atoms with Crippen molar-refractivity contribution in [2.75, 3.05) is 18.1 Å². The standard InChI is InChI=1S/C18H20N2O4/c1-3-11-19-16(22)13-7-5-6-8-14(13)20-15(21)9-10-18(19,20)17(23)24-12-4-2/h3,5-8H,1,4,9-12H2,2H3. The number of ether oxygens (including phenoxy) is 1. The molecule has 1 saturated heterocycles. The minimum Gasteiger partial charge on any atom is -0.463 e. The van der Waals surface area contributed by atoms with Crippen molar-refractivity contribution >= 4 is 23.5 Å². The molecule has 1 aromatic rings. The first-order valence-corrected chi connectivity index (χ1v) is 8.10. The molecule has 126 valence electrons. The molecule has 2 aliphatic heterocycles. The molecule has 2 amide bonds. The van der Waals surface area contributed by atoms with Gasteiger partial charge in [0.2, 0.25) is 11.6 Å². The van der Waals surface area contributed by atoms with Gasteiger partial charge in [0.25, 0.3) is 5.91 Å². The maximum atomic E-state index is 13.0. The third-order valence-electron chi connectivity index (χ3n) is 4.45. The normalized spacial score (nSPS) is 22.2. The van der Waals surface area contributed by atoms with E-state index in [1.165, 1.54) is 9.80 Å². The third kappa shape index (κ3) is 2.13. The molecule has 1 fully saturated rings. The highest BCUT2D eigenvalue weighted by Crippen LogP contribution is 2.44. The highest BCUT2D eigenvalue weighted by atomic mass is 16.5. The molecule has 0 saturated carbocycles. The second kappa shape index (κ2) is 6.11. The summed E-state index contributed by atoms with van der Waals surface area (Å²) < 4.78 is 5.36. The lowest BCUT2D eigenvalue weighted by atomic mass is 9.96. The first-order chi connectivity index (χ1) is 11.6. The Morgan fingerprint density at radius 1 is 1.38 bits per heavy atom. The van der Waals surface area contributed by atoms with Gasteiger partial charge in [-0.3, -0.25) is 14.5 Å². The minimum absolute atomic E-state index is 0.165. The van der Waals surface area contributed by atoms with Gasteiger partial charge < -0.3 is 9.64 Å². The Bertz CT molecular complexity index is 715. The second-order valence-electron chi connectivity index (χ2n) is 5.90. The number of rotatable bonds is 5. The average molecular weight is 328 g/mol. The van der Waals surface area contributed by atoms with Gasteiger partial charge >= 0.3 is 5.97 Å². The summed E-state index contributed by atoms with van der Waals surface area (Å²) in [6.45, 7) is 5.99. The van der Waals surface area contributed by atoms with Gasteiger partial charge in [0, 0.05) is 19.4 Å². The van der Waals surface area contributed by atoms with Gasteiger partial charge in [-0.05, 0) is 18.6 Å². The van der Waals surface area contributed by atoms with Crippen molar-refractivity contribution in [2.45, 2.75) is 31.8 Å². The van der Waals surface area contributed by atoms with Gasteiger partial charge in [0.05, 0.1) is 17.9 Å². The van der Waals surface area contributed by atoms with Gasteiger partial charge in [-0.1, -0.05) is 25.1 Å². The van der Waals surface area contributed by atoms with Gasteiger partial charge in [-0.25, -0.2) is 4.79 Å². The van der Waals surface area contributed by atoms with E-state index in [0.717, 1.165) is 0 Å². The first kappa shape index (κ1) is 16.2. The molecular formula is C18H20N2O4. The van der Waals surface area contributed by atoms with Crippen molar-refractivity contribution < 1.29 is 19.1 Å². The van der Waals surface area contributed by atoms with E-state index in [1.54, 1.807) is 30.3 Å². The van der Waals surface area contributed by atoms with E-state index in [-0.39, 0.29) is 37.8 Å². The number of carbonyl (C=O) groups is 3. The fourth-order valence-electron chi connectivity index (χ4n) is 3.44. The van der Waals surface area contributed by atoms with Crippen molar-refractivity contribution in [3.63, 3.8) is 0 Å². The molecule has 6 nitrogen and oxygen atoms in total. The SMILES string of the molecule is C=CCN1C(=O)c2ccccc2N2C(=O)CCC12C(=O)OCCC. The zero-order valence-electron chi connectivity index (χ0n) is 13.7. The number of anilines is 1. The van der Waals surface area contributed by atoms with Crippen LogP contribution in [-0.4, -0.2) is 41.5 Å². The Labute approximate surface area is 140 Å². The molecule has 0 N–H and O–H groups in total. The summed E-state index contributed by atoms with van der Waals surface area (Å²) in [5, 5.41) is 0. The van der Waals surface area contributed by atoms with Gasteiger partial charge in [0.1, 0.15) is 0 Å².